The molecule has 4 nitrogen and oxygen atoms in total. The number of aliphatic hydroxyl groups excluding tert-OH is 2. The Bertz CT molecular complexity index is 1150. The summed E-state index contributed by atoms with van der Waals surface area (Å²) in [4.78, 5) is 12.4. The van der Waals surface area contributed by atoms with Crippen LogP contribution >= 0.6 is 0 Å². The molecule has 0 aromatic heterocycles. The van der Waals surface area contributed by atoms with E-state index in [1.165, 1.54) is 116 Å². The van der Waals surface area contributed by atoms with Gasteiger partial charge in [-0.05, 0) is 89.9 Å². The molecule has 0 radical (unpaired) electrons. The molecule has 3 N–H and O–H groups in total. The van der Waals surface area contributed by atoms with Crippen molar-refractivity contribution in [2.45, 2.75) is 225 Å². The molecule has 0 fully saturated rings. The second-order valence-electron chi connectivity index (χ2n) is 16.1. The second-order valence-corrected chi connectivity index (χ2v) is 16.1. The van der Waals surface area contributed by atoms with Crippen molar-refractivity contribution >= 4 is 5.91 Å². The van der Waals surface area contributed by atoms with Crippen molar-refractivity contribution in [2.24, 2.45) is 0 Å². The van der Waals surface area contributed by atoms with E-state index in [0.29, 0.717) is 6.42 Å². The van der Waals surface area contributed by atoms with Gasteiger partial charge in [0.05, 0.1) is 18.8 Å². The number of hydrogen-bond acceptors (Lipinski definition) is 3. The van der Waals surface area contributed by atoms with Crippen LogP contribution in [0.1, 0.15) is 213 Å². The minimum atomic E-state index is -0.867. The average molecular weight is 816 g/mol. The Morgan fingerprint density at radius 2 is 0.763 bits per heavy atom. The van der Waals surface area contributed by atoms with Gasteiger partial charge in [-0.2, -0.15) is 0 Å². The van der Waals surface area contributed by atoms with Gasteiger partial charge in [0.2, 0.25) is 5.91 Å². The van der Waals surface area contributed by atoms with Gasteiger partial charge in [0.15, 0.2) is 0 Å². The number of carbonyl (C=O) groups is 1. The fourth-order valence-electron chi connectivity index (χ4n) is 6.76. The van der Waals surface area contributed by atoms with E-state index < -0.39 is 12.1 Å². The Balaban J connectivity index is 3.57. The molecule has 0 aliphatic heterocycles. The van der Waals surface area contributed by atoms with Gasteiger partial charge in [0.25, 0.3) is 0 Å². The van der Waals surface area contributed by atoms with Crippen LogP contribution in [0.4, 0.5) is 0 Å². The molecule has 0 saturated carbocycles. The van der Waals surface area contributed by atoms with Crippen LogP contribution in [0.5, 0.6) is 0 Å². The summed E-state index contributed by atoms with van der Waals surface area (Å²) in [5.41, 5.74) is 0. The molecule has 0 bridgehead atoms. The molecule has 0 aliphatic carbocycles. The Morgan fingerprint density at radius 3 is 1.19 bits per heavy atom. The van der Waals surface area contributed by atoms with Crippen molar-refractivity contribution in [3.05, 3.63) is 109 Å². The number of nitrogens with one attached hydrogen (secondary N) is 1. The van der Waals surface area contributed by atoms with Crippen LogP contribution in [0.3, 0.4) is 0 Å². The first kappa shape index (κ1) is 56.0. The molecule has 2 atom stereocenters. The van der Waals surface area contributed by atoms with Gasteiger partial charge in [0.1, 0.15) is 0 Å². The highest BCUT2D eigenvalue weighted by Crippen LogP contribution is 2.14. The maximum atomic E-state index is 12.4. The van der Waals surface area contributed by atoms with Gasteiger partial charge < -0.3 is 15.5 Å². The van der Waals surface area contributed by atoms with Crippen molar-refractivity contribution in [2.75, 3.05) is 6.61 Å². The summed E-state index contributed by atoms with van der Waals surface area (Å²) in [7, 11) is 0. The number of unbranched alkanes of at least 4 members (excludes halogenated alkanes) is 20. The maximum absolute atomic E-state index is 12.4. The lowest BCUT2D eigenvalue weighted by Gasteiger charge is -2.19. The number of hydrogen-bond donors (Lipinski definition) is 3. The Kier molecular flexibility index (Phi) is 46.9. The zero-order valence-corrected chi connectivity index (χ0v) is 38.5. The zero-order valence-electron chi connectivity index (χ0n) is 38.5. The highest BCUT2D eigenvalue weighted by atomic mass is 16.3. The molecule has 4 heteroatoms. The van der Waals surface area contributed by atoms with Gasteiger partial charge in [0, 0.05) is 6.42 Å². The zero-order chi connectivity index (χ0) is 42.8. The summed E-state index contributed by atoms with van der Waals surface area (Å²) in [5, 5.41) is 23.0. The van der Waals surface area contributed by atoms with Crippen LogP contribution in [0.2, 0.25) is 0 Å². The van der Waals surface area contributed by atoms with Crippen LogP contribution in [0.25, 0.3) is 0 Å². The first-order chi connectivity index (χ1) is 29.2. The van der Waals surface area contributed by atoms with E-state index in [2.05, 4.69) is 116 Å². The van der Waals surface area contributed by atoms with Gasteiger partial charge in [-0.25, -0.2) is 0 Å². The third kappa shape index (κ3) is 46.0. The predicted octanol–water partition coefficient (Wildman–Crippen LogP) is 16.0. The summed E-state index contributed by atoms with van der Waals surface area (Å²) >= 11 is 0. The molecule has 0 heterocycles. The van der Waals surface area contributed by atoms with E-state index in [4.69, 9.17) is 0 Å². The third-order valence-electron chi connectivity index (χ3n) is 10.5. The van der Waals surface area contributed by atoms with E-state index in [1.54, 1.807) is 6.08 Å². The van der Waals surface area contributed by atoms with Crippen molar-refractivity contribution in [3.8, 4) is 0 Å². The normalized spacial score (nSPS) is 13.9. The number of amides is 1. The molecule has 59 heavy (non-hydrogen) atoms. The molecule has 0 aromatic rings. The van der Waals surface area contributed by atoms with Crippen LogP contribution < -0.4 is 5.32 Å². The topological polar surface area (TPSA) is 69.6 Å². The molecule has 0 spiro atoms. The lowest BCUT2D eigenvalue weighted by molar-refractivity contribution is -0.123. The molecule has 2 unspecified atom stereocenters. The summed E-state index contributed by atoms with van der Waals surface area (Å²) in [6, 6.07) is -0.644. The van der Waals surface area contributed by atoms with Crippen molar-refractivity contribution in [1.82, 2.24) is 5.32 Å². The van der Waals surface area contributed by atoms with Crippen molar-refractivity contribution in [3.63, 3.8) is 0 Å². The molecule has 0 aliphatic rings. The molecule has 0 saturated heterocycles. The Hall–Kier alpha value is -2.95. The quantitative estimate of drug-likeness (QED) is 0.0424. The molecule has 0 rings (SSSR count). The molecule has 0 aromatic carbocycles. The lowest BCUT2D eigenvalue weighted by Crippen LogP contribution is -2.45. The Labute approximate surface area is 366 Å². The van der Waals surface area contributed by atoms with Crippen molar-refractivity contribution < 1.29 is 15.0 Å². The van der Waals surface area contributed by atoms with Crippen molar-refractivity contribution in [1.29, 1.82) is 0 Å². The SMILES string of the molecule is CC/C=C\C/C=C\C/C=C\C/C=C\C/C=C\C/C=C\C/C=C\CCCCCCCCCCCCCCCC(=O)NC(CO)C(O)/C=C/CC/C=C/CCCCCCCC. The summed E-state index contributed by atoms with van der Waals surface area (Å²) in [6.45, 7) is 4.15. The highest BCUT2D eigenvalue weighted by molar-refractivity contribution is 5.76. The molecule has 1 amide bonds. The summed E-state index contributed by atoms with van der Waals surface area (Å²) in [5.74, 6) is -0.0811. The van der Waals surface area contributed by atoms with Crippen LogP contribution in [0.15, 0.2) is 109 Å². The number of rotatable bonds is 43. The molecular formula is C55H93NO3. The Morgan fingerprint density at radius 1 is 0.424 bits per heavy atom. The maximum Gasteiger partial charge on any atom is 0.220 e. The first-order valence-corrected chi connectivity index (χ1v) is 24.6. The number of carbonyl (C=O) groups excluding carboxylic acids is 1. The van der Waals surface area contributed by atoms with E-state index in [9.17, 15) is 15.0 Å². The first-order valence-electron chi connectivity index (χ1n) is 24.6. The molecular weight excluding hydrogens is 723 g/mol. The van der Waals surface area contributed by atoms with E-state index >= 15 is 0 Å². The van der Waals surface area contributed by atoms with Gasteiger partial charge in [-0.1, -0.05) is 226 Å². The van der Waals surface area contributed by atoms with Crippen LogP contribution in [-0.2, 0) is 4.79 Å². The van der Waals surface area contributed by atoms with Gasteiger partial charge in [-0.15, -0.1) is 0 Å². The fourth-order valence-corrected chi connectivity index (χ4v) is 6.76. The lowest BCUT2D eigenvalue weighted by atomic mass is 10.0. The minimum Gasteiger partial charge on any atom is -0.394 e. The van der Waals surface area contributed by atoms with Crippen LogP contribution in [0, 0.1) is 0 Å². The van der Waals surface area contributed by atoms with Gasteiger partial charge in [-0.3, -0.25) is 4.79 Å². The molecule has 336 valence electrons. The summed E-state index contributed by atoms with van der Waals surface area (Å²) in [6.07, 6.45) is 75.1. The predicted molar refractivity (Wildman–Crippen MR) is 262 cm³/mol. The third-order valence-corrected chi connectivity index (χ3v) is 10.5. The van der Waals surface area contributed by atoms with E-state index in [-0.39, 0.29) is 12.5 Å². The average Bonchev–Trinajstić information content (AvgIpc) is 3.24. The minimum absolute atomic E-state index is 0.0811. The van der Waals surface area contributed by atoms with Crippen LogP contribution in [-0.4, -0.2) is 34.9 Å². The monoisotopic (exact) mass is 816 g/mol. The summed E-state index contributed by atoms with van der Waals surface area (Å²) < 4.78 is 0. The number of allylic oxidation sites excluding steroid dienone is 17. The van der Waals surface area contributed by atoms with E-state index in [1.807, 2.05) is 6.08 Å². The van der Waals surface area contributed by atoms with E-state index in [0.717, 1.165) is 77.0 Å². The van der Waals surface area contributed by atoms with Gasteiger partial charge >= 0.3 is 0 Å². The smallest absolute Gasteiger partial charge is 0.220 e. The standard InChI is InChI=1S/C55H93NO3/c1-3-5-7-9-11-13-15-17-18-19-20-21-22-23-24-25-26-27-28-29-30-31-32-33-34-35-36-37-38-39-41-43-45-47-49-51-55(59)56-53(52-57)54(58)50-48-46-44-42-40-16-14-12-10-8-6-4-2/h5,7,11,13,17-18,20-21,23-24,26-27,29-30,40,42,48,50,53-54,57-58H,3-4,6,8-10,12,14-16,19,22,25,28,31-39,41,43-47,49,51-52H2,1-2H3,(H,56,59)/b7-5-,13-11-,18-17-,21-20-,24-23-,27-26-,30-29-,42-40+,50-48+. The number of aliphatic hydroxyl groups is 2. The fraction of sp³-hybridized carbons (Fsp3) is 0.655. The highest BCUT2D eigenvalue weighted by Gasteiger charge is 2.17. The second kappa shape index (κ2) is 49.4. The largest absolute Gasteiger partial charge is 0.394 e.